The van der Waals surface area contributed by atoms with Gasteiger partial charge in [-0.05, 0) is 75.3 Å². The minimum Gasteiger partial charge on any atom is -0.413 e. The van der Waals surface area contributed by atoms with Gasteiger partial charge in [0.05, 0.1) is 11.7 Å². The number of hydrogen-bond donors (Lipinski definition) is 0. The molecule has 0 unspecified atom stereocenters. The van der Waals surface area contributed by atoms with Crippen molar-refractivity contribution in [2.75, 3.05) is 0 Å². The Balaban J connectivity index is 2.98. The lowest BCUT2D eigenvalue weighted by atomic mass is 9.87. The Morgan fingerprint density at radius 1 is 1.00 bits per heavy atom. The van der Waals surface area contributed by atoms with Crippen molar-refractivity contribution in [2.45, 2.75) is 155 Å². The van der Waals surface area contributed by atoms with Crippen LogP contribution in [-0.4, -0.2) is 28.3 Å². The lowest BCUT2D eigenvalue weighted by molar-refractivity contribution is 0.0504. The van der Waals surface area contributed by atoms with Gasteiger partial charge in [0.25, 0.3) is 0 Å². The quantitative estimate of drug-likeness (QED) is 0.121. The first-order valence-electron chi connectivity index (χ1n) is 14.0. The molecule has 0 radical (unpaired) electrons. The average molecular weight is 495 g/mol. The second-order valence-electron chi connectivity index (χ2n) is 12.3. The van der Waals surface area contributed by atoms with Crippen molar-refractivity contribution in [2.24, 2.45) is 5.92 Å². The maximum Gasteiger partial charge on any atom is 0.192 e. The number of hydrogen-bond acceptors (Lipinski definition) is 2. The molecule has 0 aromatic carbocycles. The largest absolute Gasteiger partial charge is 0.413 e. The molecule has 33 heavy (non-hydrogen) atoms. The first-order valence-corrected chi connectivity index (χ1v) is 19.4. The minimum atomic E-state index is -1.82. The van der Waals surface area contributed by atoms with Gasteiger partial charge in [0.2, 0.25) is 0 Å². The molecule has 3 atom stereocenters. The van der Waals surface area contributed by atoms with Crippen LogP contribution in [0.25, 0.3) is 0 Å². The number of allylic oxidation sites excluding steroid dienone is 1. The summed E-state index contributed by atoms with van der Waals surface area (Å²) in [5.41, 5.74) is 1.57. The van der Waals surface area contributed by atoms with Crippen LogP contribution in [0, 0.1) is 5.92 Å². The predicted octanol–water partition coefficient (Wildman–Crippen LogP) is 10.0. The monoisotopic (exact) mass is 494 g/mol. The molecule has 1 rings (SSSR count). The standard InChI is InChI=1S/C29H58O2Si2/c1-12-17-18-23-29(9,31-32(10,11)28(6,7)8)24-22-25-20-21-27(26(25)19-13-2)30-33(14-3,15-4)16-5/h13,20,26-27H,2,12,14-19,21-24H2,1,3-11H3/t26-,27+,29+/m1/s1. The second-order valence-corrected chi connectivity index (χ2v) is 21.8. The van der Waals surface area contributed by atoms with E-state index in [0.717, 1.165) is 25.7 Å². The van der Waals surface area contributed by atoms with E-state index >= 15 is 0 Å². The maximum atomic E-state index is 7.12. The fraction of sp³-hybridized carbons (Fsp3) is 0.862. The summed E-state index contributed by atoms with van der Waals surface area (Å²) in [6, 6.07) is 3.67. The van der Waals surface area contributed by atoms with Crippen LogP contribution >= 0.6 is 0 Å². The smallest absolute Gasteiger partial charge is 0.192 e. The third kappa shape index (κ3) is 8.77. The molecular weight excluding hydrogens is 436 g/mol. The first-order chi connectivity index (χ1) is 15.3. The van der Waals surface area contributed by atoms with Crippen LogP contribution in [-0.2, 0) is 8.85 Å². The third-order valence-electron chi connectivity index (χ3n) is 8.85. The van der Waals surface area contributed by atoms with E-state index in [4.69, 9.17) is 8.85 Å². The van der Waals surface area contributed by atoms with E-state index in [2.05, 4.69) is 87.2 Å². The van der Waals surface area contributed by atoms with Crippen molar-refractivity contribution in [3.8, 4) is 0 Å². The zero-order valence-electron chi connectivity index (χ0n) is 24.1. The predicted molar refractivity (Wildman–Crippen MR) is 153 cm³/mol. The molecular formula is C29H58O2Si2. The van der Waals surface area contributed by atoms with Crippen LogP contribution in [0.5, 0.6) is 0 Å². The summed E-state index contributed by atoms with van der Waals surface area (Å²) in [4.78, 5) is 0. The molecule has 0 aromatic heterocycles. The highest BCUT2D eigenvalue weighted by molar-refractivity contribution is 6.74. The van der Waals surface area contributed by atoms with Crippen molar-refractivity contribution in [1.82, 2.24) is 0 Å². The van der Waals surface area contributed by atoms with Crippen LogP contribution in [0.4, 0.5) is 0 Å². The average Bonchev–Trinajstić information content (AvgIpc) is 3.11. The van der Waals surface area contributed by atoms with E-state index in [-0.39, 0.29) is 10.6 Å². The van der Waals surface area contributed by atoms with Gasteiger partial charge < -0.3 is 8.85 Å². The molecule has 1 aliphatic rings. The summed E-state index contributed by atoms with van der Waals surface area (Å²) < 4.78 is 14.1. The summed E-state index contributed by atoms with van der Waals surface area (Å²) in [7, 11) is -3.43. The lowest BCUT2D eigenvalue weighted by Crippen LogP contribution is -2.48. The summed E-state index contributed by atoms with van der Waals surface area (Å²) in [5, 5.41) is 0.240. The SMILES string of the molecule is C=CC[C@@H]1C(CC[C@](C)(CCCCC)O[Si](C)(C)C(C)(C)C)=CC[C@@H]1O[Si](CC)(CC)CC. The van der Waals surface area contributed by atoms with E-state index in [1.807, 2.05) is 0 Å². The van der Waals surface area contributed by atoms with Gasteiger partial charge in [-0.15, -0.1) is 6.58 Å². The minimum absolute atomic E-state index is 0.0363. The molecule has 0 N–H and O–H groups in total. The molecule has 4 heteroatoms. The highest BCUT2D eigenvalue weighted by atomic mass is 28.4. The molecule has 0 saturated carbocycles. The molecule has 194 valence electrons. The van der Waals surface area contributed by atoms with Gasteiger partial charge in [0.15, 0.2) is 16.6 Å². The molecule has 0 bridgehead atoms. The zero-order valence-corrected chi connectivity index (χ0v) is 26.1. The van der Waals surface area contributed by atoms with Gasteiger partial charge in [-0.3, -0.25) is 0 Å². The summed E-state index contributed by atoms with van der Waals surface area (Å²) in [6.45, 7) is 27.7. The van der Waals surface area contributed by atoms with Gasteiger partial charge >= 0.3 is 0 Å². The molecule has 1 aliphatic carbocycles. The van der Waals surface area contributed by atoms with E-state index in [1.165, 1.54) is 43.8 Å². The van der Waals surface area contributed by atoms with Crippen molar-refractivity contribution < 1.29 is 8.85 Å². The molecule has 0 fully saturated rings. The van der Waals surface area contributed by atoms with E-state index in [0.29, 0.717) is 12.0 Å². The third-order valence-corrected chi connectivity index (χ3v) is 18.1. The first kappa shape index (κ1) is 30.9. The number of rotatable bonds is 16. The second kappa shape index (κ2) is 13.2. The van der Waals surface area contributed by atoms with Gasteiger partial charge in [0.1, 0.15) is 0 Å². The molecule has 0 spiro atoms. The topological polar surface area (TPSA) is 18.5 Å². The fourth-order valence-corrected chi connectivity index (χ4v) is 9.84. The van der Waals surface area contributed by atoms with Gasteiger partial charge in [-0.1, -0.05) is 85.5 Å². The Bertz CT molecular complexity index is 607. The highest BCUT2D eigenvalue weighted by Crippen LogP contribution is 2.44. The summed E-state index contributed by atoms with van der Waals surface area (Å²) >= 11 is 0. The van der Waals surface area contributed by atoms with E-state index < -0.39 is 16.6 Å². The Kier molecular flexibility index (Phi) is 12.4. The van der Waals surface area contributed by atoms with Crippen LogP contribution in [0.2, 0.25) is 36.3 Å². The van der Waals surface area contributed by atoms with Gasteiger partial charge in [-0.25, -0.2) is 0 Å². The van der Waals surface area contributed by atoms with E-state index in [1.54, 1.807) is 5.57 Å². The molecule has 2 nitrogen and oxygen atoms in total. The van der Waals surface area contributed by atoms with Gasteiger partial charge in [-0.2, -0.15) is 0 Å². The van der Waals surface area contributed by atoms with Crippen molar-refractivity contribution in [3.63, 3.8) is 0 Å². The van der Waals surface area contributed by atoms with Crippen molar-refractivity contribution in [1.29, 1.82) is 0 Å². The fourth-order valence-electron chi connectivity index (χ4n) is 5.20. The van der Waals surface area contributed by atoms with Gasteiger partial charge in [0, 0.05) is 5.92 Å². The molecule has 0 aliphatic heterocycles. The van der Waals surface area contributed by atoms with Crippen LogP contribution in [0.3, 0.4) is 0 Å². The Labute approximate surface area is 210 Å². The molecule has 0 heterocycles. The number of unbranched alkanes of at least 4 members (excludes halogenated alkanes) is 2. The van der Waals surface area contributed by atoms with Crippen molar-refractivity contribution in [3.05, 3.63) is 24.3 Å². The van der Waals surface area contributed by atoms with Crippen molar-refractivity contribution >= 4 is 16.6 Å². The highest BCUT2D eigenvalue weighted by Gasteiger charge is 2.43. The molecule has 0 saturated heterocycles. The zero-order chi connectivity index (χ0) is 25.3. The molecule has 0 aromatic rings. The normalized spacial score (nSPS) is 21.7. The van der Waals surface area contributed by atoms with Crippen LogP contribution < -0.4 is 0 Å². The molecule has 0 amide bonds. The Hall–Kier alpha value is -0.166. The summed E-state index contributed by atoms with van der Waals surface area (Å²) in [5.74, 6) is 0.506. The Morgan fingerprint density at radius 3 is 2.09 bits per heavy atom. The van der Waals surface area contributed by atoms with Crippen LogP contribution in [0.1, 0.15) is 107 Å². The maximum absolute atomic E-state index is 7.12. The Morgan fingerprint density at radius 2 is 1.61 bits per heavy atom. The summed E-state index contributed by atoms with van der Waals surface area (Å²) in [6.07, 6.45) is 14.3. The lowest BCUT2D eigenvalue weighted by Gasteiger charge is -2.45. The van der Waals surface area contributed by atoms with Crippen LogP contribution in [0.15, 0.2) is 24.3 Å². The van der Waals surface area contributed by atoms with E-state index in [9.17, 15) is 0 Å².